The van der Waals surface area contributed by atoms with Gasteiger partial charge in [0.15, 0.2) is 0 Å². The molecule has 0 aliphatic carbocycles. The Labute approximate surface area is 441 Å². The number of aromatic nitrogens is 2. The molecule has 0 amide bonds. The molecule has 0 spiro atoms. The van der Waals surface area contributed by atoms with Crippen molar-refractivity contribution in [3.05, 3.63) is 216 Å². The van der Waals surface area contributed by atoms with Crippen molar-refractivity contribution in [1.82, 2.24) is 9.78 Å². The van der Waals surface area contributed by atoms with E-state index >= 15 is 0 Å². The van der Waals surface area contributed by atoms with Gasteiger partial charge in [-0.15, -0.1) is 0 Å². The number of carbonyl (C=O) groups is 5. The number of ether oxygens (including phenoxy) is 3. The van der Waals surface area contributed by atoms with Gasteiger partial charge < -0.3 is 24.4 Å². The summed E-state index contributed by atoms with van der Waals surface area (Å²) in [7, 11) is 0. The number of benzene rings is 7. The van der Waals surface area contributed by atoms with Crippen LogP contribution in [-0.4, -0.2) is 49.5 Å². The summed E-state index contributed by atoms with van der Waals surface area (Å²) < 4.78 is 17.2. The zero-order chi connectivity index (χ0) is 54.0. The maximum Gasteiger partial charge on any atom is 0.343 e. The molecule has 7 aromatic carbocycles. The largest absolute Gasteiger partial charge is 0.508 e. The predicted molar refractivity (Wildman–Crippen MR) is 293 cm³/mol. The number of nitrogens with zero attached hydrogens (tertiary/aromatic N) is 2. The molecule has 8 rings (SSSR count). The Hall–Kier alpha value is -8.42. The second-order valence-corrected chi connectivity index (χ2v) is 17.0. The molecule has 12 nitrogen and oxygen atoms in total. The second-order valence-electron chi connectivity index (χ2n) is 16.5. The third kappa shape index (κ3) is 19.0. The van der Waals surface area contributed by atoms with E-state index in [4.69, 9.17) is 14.2 Å². The lowest BCUT2D eigenvalue weighted by Crippen LogP contribution is -2.10. The fraction of sp³-hybridized carbons (Fsp3) is 0.180. The Bertz CT molecular complexity index is 3040. The minimum atomic E-state index is -0.420. The Kier molecular flexibility index (Phi) is 23.9. The van der Waals surface area contributed by atoms with Crippen molar-refractivity contribution in [1.29, 1.82) is 0 Å². The molecule has 382 valence electrons. The minimum Gasteiger partial charge on any atom is -0.508 e. The highest BCUT2D eigenvalue weighted by atomic mass is 79.9. The Morgan fingerprint density at radius 1 is 0.514 bits per heavy atom. The lowest BCUT2D eigenvalue weighted by atomic mass is 9.98. The number of halogens is 1. The molecule has 8 aromatic rings. The van der Waals surface area contributed by atoms with Crippen LogP contribution in [0.2, 0.25) is 0 Å². The number of alkyl halides is 1. The van der Waals surface area contributed by atoms with E-state index in [1.165, 1.54) is 27.7 Å². The first-order valence-electron chi connectivity index (χ1n) is 23.6. The van der Waals surface area contributed by atoms with Gasteiger partial charge in [-0.05, 0) is 82.6 Å². The molecule has 0 saturated heterocycles. The van der Waals surface area contributed by atoms with E-state index in [-0.39, 0.29) is 41.4 Å². The molecule has 0 radical (unpaired) electrons. The first-order chi connectivity index (χ1) is 35.5. The van der Waals surface area contributed by atoms with Crippen LogP contribution in [0.3, 0.4) is 0 Å². The average molecular weight is 1060 g/mol. The van der Waals surface area contributed by atoms with Crippen LogP contribution in [0.15, 0.2) is 182 Å². The van der Waals surface area contributed by atoms with Gasteiger partial charge in [0.05, 0.1) is 17.0 Å². The third-order valence-electron chi connectivity index (χ3n) is 10.4. The Morgan fingerprint density at radius 2 is 0.959 bits per heavy atom. The third-order valence-corrected chi connectivity index (χ3v) is 11.0. The average Bonchev–Trinajstić information content (AvgIpc) is 3.72. The zero-order valence-corrected chi connectivity index (χ0v) is 44.2. The van der Waals surface area contributed by atoms with Crippen molar-refractivity contribution in [2.24, 2.45) is 0 Å². The monoisotopic (exact) mass is 1060 g/mol. The maximum atomic E-state index is 11.9. The fourth-order valence-electron chi connectivity index (χ4n) is 7.08. The van der Waals surface area contributed by atoms with Gasteiger partial charge in [-0.1, -0.05) is 155 Å². The van der Waals surface area contributed by atoms with E-state index in [1.807, 2.05) is 103 Å². The summed E-state index contributed by atoms with van der Waals surface area (Å²) in [6.45, 7) is 12.6. The highest BCUT2D eigenvalue weighted by Gasteiger charge is 2.20. The molecule has 1 heterocycles. The van der Waals surface area contributed by atoms with Crippen molar-refractivity contribution in [2.75, 3.05) is 0 Å². The molecule has 0 atom stereocenters. The first-order valence-corrected chi connectivity index (χ1v) is 24.7. The molecule has 0 bridgehead atoms. The molecule has 0 saturated carbocycles. The number of aromatic hydroxyl groups is 2. The van der Waals surface area contributed by atoms with Gasteiger partial charge in [-0.3, -0.25) is 23.9 Å². The summed E-state index contributed by atoms with van der Waals surface area (Å²) in [6, 6.07) is 55.2. The molecule has 1 aromatic heterocycles. The van der Waals surface area contributed by atoms with Gasteiger partial charge in [-0.2, -0.15) is 5.10 Å². The van der Waals surface area contributed by atoms with Gasteiger partial charge in [0.1, 0.15) is 40.3 Å². The summed E-state index contributed by atoms with van der Waals surface area (Å²) in [6.07, 6.45) is 0.574. The van der Waals surface area contributed by atoms with E-state index < -0.39 is 5.97 Å². The summed E-state index contributed by atoms with van der Waals surface area (Å²) in [4.78, 5) is 55.0. The van der Waals surface area contributed by atoms with Crippen LogP contribution in [0.4, 0.5) is 0 Å². The SMILES string of the molecule is CC(=O)Cc1ccccc1O.CC(=O)Cc1ccccc1OC(=O)c1ccccc1.CC(=O)Oc1ccccc1C.CC(=O)Oc1ccccc1CBr.CCn1nc(C)c(-c2ccccc2O)c1-c1ccccc1. The van der Waals surface area contributed by atoms with Gasteiger partial charge in [0.2, 0.25) is 0 Å². The number of carbonyl (C=O) groups excluding carboxylic acids is 5. The van der Waals surface area contributed by atoms with Crippen LogP contribution in [0.25, 0.3) is 22.4 Å². The van der Waals surface area contributed by atoms with E-state index in [9.17, 15) is 34.2 Å². The molecule has 0 unspecified atom stereocenters. The molecule has 0 fully saturated rings. The number of aryl methyl sites for hydroxylation is 3. The normalized spacial score (nSPS) is 9.95. The number of ketones is 2. The van der Waals surface area contributed by atoms with Crippen molar-refractivity contribution < 1.29 is 48.4 Å². The molecule has 74 heavy (non-hydrogen) atoms. The van der Waals surface area contributed by atoms with Crippen LogP contribution < -0.4 is 14.2 Å². The predicted octanol–water partition coefficient (Wildman–Crippen LogP) is 13.2. The van der Waals surface area contributed by atoms with Crippen molar-refractivity contribution in [2.45, 2.75) is 73.2 Å². The van der Waals surface area contributed by atoms with Crippen LogP contribution in [0, 0.1) is 13.8 Å². The lowest BCUT2D eigenvalue weighted by molar-refractivity contribution is -0.132. The van der Waals surface area contributed by atoms with Gasteiger partial charge in [0, 0.05) is 71.9 Å². The fourth-order valence-corrected chi connectivity index (χ4v) is 7.54. The van der Waals surface area contributed by atoms with E-state index in [2.05, 4.69) is 40.1 Å². The standard InChI is InChI=1S/C18H18N2O.C16H14O3.C9H9BrO2.2C9H10O2/c1-3-20-18(14-9-5-4-6-10-14)17(13(2)19-20)15-11-7-8-12-16(15)21;1-12(17)11-14-9-5-6-10-15(14)19-16(18)13-7-3-2-4-8-13;1-7(11)12-9-5-3-2-4-8(9)6-10;1-7-5-3-4-6-9(7)11-8(2)10;1-7(10)6-8-4-2-3-5-9(8)11/h4-12,21H,3H2,1-2H3;2-10H,11H2,1H3;2-5H,6H2,1H3;3-6H,1-2H3;2-5,11H,6H2,1H3. The second kappa shape index (κ2) is 30.5. The number of esters is 3. The summed E-state index contributed by atoms with van der Waals surface area (Å²) in [5, 5.41) is 24.7. The summed E-state index contributed by atoms with van der Waals surface area (Å²) in [5.41, 5.74) is 8.78. The zero-order valence-electron chi connectivity index (χ0n) is 42.6. The van der Waals surface area contributed by atoms with Crippen LogP contribution in [0.5, 0.6) is 28.7 Å². The van der Waals surface area contributed by atoms with E-state index in [1.54, 1.807) is 84.9 Å². The highest BCUT2D eigenvalue weighted by Crippen LogP contribution is 2.39. The molecular formula is C61H61BrN2O10. The van der Waals surface area contributed by atoms with Crippen molar-refractivity contribution in [3.63, 3.8) is 0 Å². The number of para-hydroxylation sites is 5. The van der Waals surface area contributed by atoms with Gasteiger partial charge >= 0.3 is 17.9 Å². The number of rotatable bonds is 12. The number of phenols is 2. The smallest absolute Gasteiger partial charge is 0.343 e. The van der Waals surface area contributed by atoms with Crippen molar-refractivity contribution >= 4 is 45.4 Å². The van der Waals surface area contributed by atoms with Gasteiger partial charge in [0.25, 0.3) is 0 Å². The molecular weight excluding hydrogens is 1000 g/mol. The van der Waals surface area contributed by atoms with Gasteiger partial charge in [-0.25, -0.2) is 4.79 Å². The number of hydrogen-bond donors (Lipinski definition) is 2. The van der Waals surface area contributed by atoms with E-state index in [0.29, 0.717) is 40.1 Å². The van der Waals surface area contributed by atoms with Crippen molar-refractivity contribution in [3.8, 4) is 51.1 Å². The van der Waals surface area contributed by atoms with Crippen LogP contribution in [-0.2, 0) is 43.9 Å². The number of phenolic OH excluding ortho intramolecular Hbond substituents is 2. The summed E-state index contributed by atoms with van der Waals surface area (Å²) in [5.74, 6) is 1.29. The number of Topliss-reactive ketones (excluding diaryl/α,β-unsaturated/α-hetero) is 2. The Morgan fingerprint density at radius 3 is 1.49 bits per heavy atom. The lowest BCUT2D eigenvalue weighted by Gasteiger charge is -2.10. The quantitative estimate of drug-likeness (QED) is 0.0678. The molecule has 2 N–H and O–H groups in total. The minimum absolute atomic E-state index is 0.0308. The highest BCUT2D eigenvalue weighted by molar-refractivity contribution is 9.08. The topological polar surface area (TPSA) is 171 Å². The maximum absolute atomic E-state index is 11.9. The number of hydrogen-bond acceptors (Lipinski definition) is 11. The molecule has 0 aliphatic heterocycles. The molecule has 0 aliphatic rings. The summed E-state index contributed by atoms with van der Waals surface area (Å²) >= 11 is 3.31. The molecule has 13 heteroatoms. The first kappa shape index (κ1) is 58.2. The van der Waals surface area contributed by atoms with Crippen LogP contribution >= 0.6 is 15.9 Å². The van der Waals surface area contributed by atoms with E-state index in [0.717, 1.165) is 51.3 Å². The Balaban J connectivity index is 0.000000206. The van der Waals surface area contributed by atoms with Crippen LogP contribution in [0.1, 0.15) is 72.9 Å².